The molecule has 74 valence electrons. The predicted molar refractivity (Wildman–Crippen MR) is 45.9 cm³/mol. The molecule has 1 rings (SSSR count). The molecule has 0 saturated carbocycles. The van der Waals surface area contributed by atoms with Crippen molar-refractivity contribution in [3.63, 3.8) is 0 Å². The molecule has 1 heterocycles. The van der Waals surface area contributed by atoms with Crippen LogP contribution in [0.15, 0.2) is 18.5 Å². The van der Waals surface area contributed by atoms with E-state index in [1.807, 2.05) is 0 Å². The minimum atomic E-state index is -1.15. The lowest BCUT2D eigenvalue weighted by molar-refractivity contribution is -0.119. The van der Waals surface area contributed by atoms with Gasteiger partial charge in [-0.15, -0.1) is 0 Å². The summed E-state index contributed by atoms with van der Waals surface area (Å²) in [4.78, 5) is 24.7. The van der Waals surface area contributed by atoms with Crippen LogP contribution in [0.4, 0.5) is 0 Å². The minimum absolute atomic E-state index is 0.0267. The quantitative estimate of drug-likeness (QED) is 0.684. The Labute approximate surface area is 79.3 Å². The molecule has 0 unspecified atom stereocenters. The van der Waals surface area contributed by atoms with Gasteiger partial charge in [0.2, 0.25) is 0 Å². The summed E-state index contributed by atoms with van der Waals surface area (Å²) in [7, 11) is 0. The fourth-order valence-corrected chi connectivity index (χ4v) is 0.821. The number of rotatable bonds is 4. The number of hydrogen-bond donors (Lipinski definition) is 2. The van der Waals surface area contributed by atoms with Gasteiger partial charge in [-0.25, -0.2) is 4.79 Å². The Balaban J connectivity index is 2.84. The summed E-state index contributed by atoms with van der Waals surface area (Å²) >= 11 is 0. The molecule has 3 N–H and O–H groups in total. The molecule has 0 fully saturated rings. The first-order valence-electron chi connectivity index (χ1n) is 3.69. The molecule has 0 aromatic carbocycles. The van der Waals surface area contributed by atoms with E-state index in [0.29, 0.717) is 0 Å². The molecule has 6 heteroatoms. The lowest BCUT2D eigenvalue weighted by Crippen LogP contribution is -2.20. The Morgan fingerprint density at radius 3 is 2.86 bits per heavy atom. The third-order valence-corrected chi connectivity index (χ3v) is 1.38. The SMILES string of the molecule is NC(=O)COc1cnccc1C(=O)O. The third kappa shape index (κ3) is 2.44. The van der Waals surface area contributed by atoms with Gasteiger partial charge in [-0.1, -0.05) is 0 Å². The number of carboxylic acids is 1. The molecule has 0 radical (unpaired) electrons. The number of aromatic nitrogens is 1. The number of primary amides is 1. The molecule has 1 aromatic heterocycles. The topological polar surface area (TPSA) is 103 Å². The smallest absolute Gasteiger partial charge is 0.339 e. The van der Waals surface area contributed by atoms with E-state index < -0.39 is 11.9 Å². The minimum Gasteiger partial charge on any atom is -0.481 e. The number of amides is 1. The molecule has 0 aliphatic carbocycles. The fourth-order valence-electron chi connectivity index (χ4n) is 0.821. The number of pyridine rings is 1. The number of nitrogens with zero attached hydrogens (tertiary/aromatic N) is 1. The highest BCUT2D eigenvalue weighted by Crippen LogP contribution is 2.15. The maximum absolute atomic E-state index is 10.6. The summed E-state index contributed by atoms with van der Waals surface area (Å²) in [6.45, 7) is -0.369. The van der Waals surface area contributed by atoms with Crippen molar-refractivity contribution in [3.05, 3.63) is 24.0 Å². The number of carbonyl (C=O) groups excluding carboxylic acids is 1. The zero-order valence-electron chi connectivity index (χ0n) is 7.14. The molecule has 0 bridgehead atoms. The van der Waals surface area contributed by atoms with E-state index in [0.717, 1.165) is 0 Å². The Morgan fingerprint density at radius 2 is 2.29 bits per heavy atom. The zero-order chi connectivity index (χ0) is 10.6. The Kier molecular flexibility index (Phi) is 3.01. The van der Waals surface area contributed by atoms with Gasteiger partial charge in [0.1, 0.15) is 5.56 Å². The highest BCUT2D eigenvalue weighted by molar-refractivity contribution is 5.90. The number of ether oxygens (including phenoxy) is 1. The summed E-state index contributed by atoms with van der Waals surface area (Å²) in [5, 5.41) is 8.71. The van der Waals surface area contributed by atoms with Gasteiger partial charge >= 0.3 is 5.97 Å². The van der Waals surface area contributed by atoms with Crippen molar-refractivity contribution in [2.45, 2.75) is 0 Å². The number of nitrogens with two attached hydrogens (primary N) is 1. The number of aromatic carboxylic acids is 1. The highest BCUT2D eigenvalue weighted by atomic mass is 16.5. The summed E-state index contributed by atoms with van der Waals surface area (Å²) in [6.07, 6.45) is 2.53. The maximum Gasteiger partial charge on any atom is 0.339 e. The van der Waals surface area contributed by atoms with Gasteiger partial charge in [-0.05, 0) is 6.07 Å². The van der Waals surface area contributed by atoms with Gasteiger partial charge in [0.05, 0.1) is 6.20 Å². The summed E-state index contributed by atoms with van der Waals surface area (Å²) < 4.78 is 4.84. The largest absolute Gasteiger partial charge is 0.481 e. The van der Waals surface area contributed by atoms with Crippen LogP contribution in [-0.4, -0.2) is 28.6 Å². The normalized spacial score (nSPS) is 9.43. The van der Waals surface area contributed by atoms with E-state index in [1.54, 1.807) is 0 Å². The monoisotopic (exact) mass is 196 g/mol. The molecule has 0 atom stereocenters. The molecule has 6 nitrogen and oxygen atoms in total. The average Bonchev–Trinajstić information content (AvgIpc) is 2.15. The van der Waals surface area contributed by atoms with Crippen LogP contribution >= 0.6 is 0 Å². The van der Waals surface area contributed by atoms with E-state index >= 15 is 0 Å². The first-order chi connectivity index (χ1) is 6.61. The Hall–Kier alpha value is -2.11. The zero-order valence-corrected chi connectivity index (χ0v) is 7.14. The third-order valence-electron chi connectivity index (χ3n) is 1.38. The van der Waals surface area contributed by atoms with Crippen LogP contribution in [-0.2, 0) is 4.79 Å². The summed E-state index contributed by atoms with van der Waals surface area (Å²) in [5.41, 5.74) is 4.78. The second-order valence-corrected chi connectivity index (χ2v) is 2.43. The Morgan fingerprint density at radius 1 is 1.57 bits per heavy atom. The van der Waals surface area contributed by atoms with Crippen LogP contribution in [0.3, 0.4) is 0 Å². The molecule has 0 aliphatic heterocycles. The molecule has 0 aliphatic rings. The van der Waals surface area contributed by atoms with Crippen molar-refractivity contribution >= 4 is 11.9 Å². The van der Waals surface area contributed by atoms with Crippen LogP contribution in [0.2, 0.25) is 0 Å². The second-order valence-electron chi connectivity index (χ2n) is 2.43. The van der Waals surface area contributed by atoms with Crippen LogP contribution in [0, 0.1) is 0 Å². The molecule has 14 heavy (non-hydrogen) atoms. The van der Waals surface area contributed by atoms with Crippen molar-refractivity contribution in [3.8, 4) is 5.75 Å². The Bertz CT molecular complexity index is 364. The molecular weight excluding hydrogens is 188 g/mol. The fraction of sp³-hybridized carbons (Fsp3) is 0.125. The lowest BCUT2D eigenvalue weighted by Gasteiger charge is -2.05. The van der Waals surface area contributed by atoms with Gasteiger partial charge in [0.25, 0.3) is 5.91 Å². The van der Waals surface area contributed by atoms with E-state index in [9.17, 15) is 9.59 Å². The van der Waals surface area contributed by atoms with Crippen LogP contribution in [0.5, 0.6) is 5.75 Å². The van der Waals surface area contributed by atoms with Crippen molar-refractivity contribution in [2.24, 2.45) is 5.73 Å². The number of carboxylic acid groups (broad SMARTS) is 1. The average molecular weight is 196 g/mol. The van der Waals surface area contributed by atoms with Gasteiger partial charge in [0, 0.05) is 6.20 Å². The van der Waals surface area contributed by atoms with Crippen LogP contribution in [0.1, 0.15) is 10.4 Å². The molecule has 1 aromatic rings. The van der Waals surface area contributed by atoms with E-state index in [2.05, 4.69) is 4.98 Å². The van der Waals surface area contributed by atoms with Crippen molar-refractivity contribution < 1.29 is 19.4 Å². The first kappa shape index (κ1) is 9.97. The van der Waals surface area contributed by atoms with Crippen molar-refractivity contribution in [1.82, 2.24) is 4.98 Å². The number of carbonyl (C=O) groups is 2. The standard InChI is InChI=1S/C8H8N2O4/c9-7(11)4-14-6-3-10-2-1-5(6)8(12)13/h1-3H,4H2,(H2,9,11)(H,12,13). The predicted octanol–water partition coefficient (Wildman–Crippen LogP) is -0.356. The number of hydrogen-bond acceptors (Lipinski definition) is 4. The van der Waals surface area contributed by atoms with E-state index in [1.165, 1.54) is 18.5 Å². The maximum atomic E-state index is 10.6. The lowest BCUT2D eigenvalue weighted by atomic mass is 10.2. The van der Waals surface area contributed by atoms with E-state index in [-0.39, 0.29) is 17.9 Å². The van der Waals surface area contributed by atoms with Crippen LogP contribution in [0.25, 0.3) is 0 Å². The highest BCUT2D eigenvalue weighted by Gasteiger charge is 2.11. The van der Waals surface area contributed by atoms with Gasteiger partial charge in [0.15, 0.2) is 12.4 Å². The first-order valence-corrected chi connectivity index (χ1v) is 3.69. The van der Waals surface area contributed by atoms with E-state index in [4.69, 9.17) is 15.6 Å². The van der Waals surface area contributed by atoms with Crippen LogP contribution < -0.4 is 10.5 Å². The summed E-state index contributed by atoms with van der Waals surface area (Å²) in [5.74, 6) is -1.80. The van der Waals surface area contributed by atoms with Crippen molar-refractivity contribution in [1.29, 1.82) is 0 Å². The van der Waals surface area contributed by atoms with Gasteiger partial charge in [-0.3, -0.25) is 9.78 Å². The second kappa shape index (κ2) is 4.22. The summed E-state index contributed by atoms with van der Waals surface area (Å²) in [6, 6.07) is 1.28. The molecular formula is C8H8N2O4. The molecule has 0 spiro atoms. The van der Waals surface area contributed by atoms with Gasteiger partial charge < -0.3 is 15.6 Å². The molecule has 0 saturated heterocycles. The van der Waals surface area contributed by atoms with Crippen molar-refractivity contribution in [2.75, 3.05) is 6.61 Å². The molecule has 1 amide bonds. The van der Waals surface area contributed by atoms with Gasteiger partial charge in [-0.2, -0.15) is 0 Å².